The van der Waals surface area contributed by atoms with E-state index in [4.69, 9.17) is 17.3 Å². The molecular formula is C12H9BrClFN2O. The number of aliphatic hydroxyl groups is 1. The van der Waals surface area contributed by atoms with Gasteiger partial charge in [0.1, 0.15) is 17.7 Å². The maximum atomic E-state index is 13.0. The first-order valence-corrected chi connectivity index (χ1v) is 6.20. The summed E-state index contributed by atoms with van der Waals surface area (Å²) >= 11 is 9.01. The normalized spacial score (nSPS) is 12.4. The van der Waals surface area contributed by atoms with Crippen molar-refractivity contribution < 1.29 is 9.50 Å². The number of aromatic nitrogens is 1. The summed E-state index contributed by atoms with van der Waals surface area (Å²) in [6, 6.07) is 5.54. The zero-order valence-electron chi connectivity index (χ0n) is 9.07. The summed E-state index contributed by atoms with van der Waals surface area (Å²) < 4.78 is 13.4. The molecule has 3 N–H and O–H groups in total. The Morgan fingerprint density at radius 3 is 2.72 bits per heavy atom. The zero-order valence-corrected chi connectivity index (χ0v) is 11.4. The van der Waals surface area contributed by atoms with Crippen LogP contribution in [-0.4, -0.2) is 10.1 Å². The zero-order chi connectivity index (χ0) is 13.3. The van der Waals surface area contributed by atoms with Gasteiger partial charge in [-0.3, -0.25) is 0 Å². The highest BCUT2D eigenvalue weighted by Crippen LogP contribution is 2.32. The SMILES string of the molecule is Nc1ncc(Cl)cc1C(O)c1ccc(F)cc1Br. The van der Waals surface area contributed by atoms with Crippen LogP contribution in [0.1, 0.15) is 17.2 Å². The summed E-state index contributed by atoms with van der Waals surface area (Å²) in [7, 11) is 0. The van der Waals surface area contributed by atoms with Crippen LogP contribution in [0.3, 0.4) is 0 Å². The van der Waals surface area contributed by atoms with E-state index in [0.29, 0.717) is 20.6 Å². The number of halogens is 3. The number of aliphatic hydroxyl groups excluding tert-OH is 1. The fraction of sp³-hybridized carbons (Fsp3) is 0.0833. The van der Waals surface area contributed by atoms with Gasteiger partial charge in [-0.15, -0.1) is 0 Å². The van der Waals surface area contributed by atoms with Gasteiger partial charge in [0.25, 0.3) is 0 Å². The molecule has 1 aromatic carbocycles. The van der Waals surface area contributed by atoms with Crippen LogP contribution in [0.15, 0.2) is 34.9 Å². The molecule has 0 fully saturated rings. The van der Waals surface area contributed by atoms with Gasteiger partial charge < -0.3 is 10.8 Å². The van der Waals surface area contributed by atoms with Crippen LogP contribution >= 0.6 is 27.5 Å². The maximum Gasteiger partial charge on any atom is 0.129 e. The molecule has 0 saturated carbocycles. The van der Waals surface area contributed by atoms with Gasteiger partial charge >= 0.3 is 0 Å². The number of benzene rings is 1. The largest absolute Gasteiger partial charge is 0.383 e. The molecule has 6 heteroatoms. The van der Waals surface area contributed by atoms with Crippen molar-refractivity contribution in [2.24, 2.45) is 0 Å². The Bertz CT molecular complexity index is 594. The average molecular weight is 332 g/mol. The summed E-state index contributed by atoms with van der Waals surface area (Å²) in [5, 5.41) is 10.6. The van der Waals surface area contributed by atoms with Gasteiger partial charge in [-0.1, -0.05) is 33.6 Å². The van der Waals surface area contributed by atoms with Crippen LogP contribution in [-0.2, 0) is 0 Å². The van der Waals surface area contributed by atoms with Crippen LogP contribution in [0.4, 0.5) is 10.2 Å². The number of nitrogen functional groups attached to an aromatic ring is 1. The molecule has 0 aliphatic carbocycles. The number of rotatable bonds is 2. The average Bonchev–Trinajstić information content (AvgIpc) is 2.31. The van der Waals surface area contributed by atoms with Crippen molar-refractivity contribution in [2.75, 3.05) is 5.73 Å². The topological polar surface area (TPSA) is 59.1 Å². The third-order valence-electron chi connectivity index (χ3n) is 2.47. The van der Waals surface area contributed by atoms with Crippen molar-refractivity contribution in [3.05, 3.63) is 56.9 Å². The van der Waals surface area contributed by atoms with Crippen molar-refractivity contribution in [1.82, 2.24) is 4.98 Å². The lowest BCUT2D eigenvalue weighted by Crippen LogP contribution is -2.06. The Hall–Kier alpha value is -1.17. The van der Waals surface area contributed by atoms with E-state index >= 15 is 0 Å². The van der Waals surface area contributed by atoms with Crippen molar-refractivity contribution in [2.45, 2.75) is 6.10 Å². The Morgan fingerprint density at radius 1 is 1.33 bits per heavy atom. The molecule has 1 heterocycles. The second-order valence-electron chi connectivity index (χ2n) is 3.70. The Morgan fingerprint density at radius 2 is 2.06 bits per heavy atom. The standard InChI is InChI=1S/C12H9BrClFN2O/c13-10-4-7(15)1-2-8(10)11(18)9-3-6(14)5-17-12(9)16/h1-5,11,18H,(H2,16,17). The lowest BCUT2D eigenvalue weighted by atomic mass is 10.0. The van der Waals surface area contributed by atoms with Gasteiger partial charge in [-0.05, 0) is 23.8 Å². The lowest BCUT2D eigenvalue weighted by molar-refractivity contribution is 0.220. The quantitative estimate of drug-likeness (QED) is 0.887. The highest BCUT2D eigenvalue weighted by atomic mass is 79.9. The number of nitrogens with zero attached hydrogens (tertiary/aromatic N) is 1. The van der Waals surface area contributed by atoms with Gasteiger partial charge in [0, 0.05) is 16.2 Å². The first kappa shape index (κ1) is 13.3. The van der Waals surface area contributed by atoms with Crippen LogP contribution in [0.5, 0.6) is 0 Å². The van der Waals surface area contributed by atoms with E-state index in [2.05, 4.69) is 20.9 Å². The molecule has 0 aliphatic rings. The minimum Gasteiger partial charge on any atom is -0.383 e. The lowest BCUT2D eigenvalue weighted by Gasteiger charge is -2.15. The van der Waals surface area contributed by atoms with Crippen molar-refractivity contribution in [3.63, 3.8) is 0 Å². The molecule has 1 aromatic heterocycles. The molecule has 0 bridgehead atoms. The predicted octanol–water partition coefficient (Wildman–Crippen LogP) is 3.30. The summed E-state index contributed by atoms with van der Waals surface area (Å²) in [6.07, 6.45) is 0.374. The third-order valence-corrected chi connectivity index (χ3v) is 3.36. The van der Waals surface area contributed by atoms with Crippen molar-refractivity contribution >= 4 is 33.3 Å². The van der Waals surface area contributed by atoms with E-state index in [1.165, 1.54) is 30.5 Å². The summed E-state index contributed by atoms with van der Waals surface area (Å²) in [5.41, 5.74) is 6.57. The summed E-state index contributed by atoms with van der Waals surface area (Å²) in [5.74, 6) is -0.210. The molecule has 0 radical (unpaired) electrons. The fourth-order valence-electron chi connectivity index (χ4n) is 1.58. The molecule has 1 atom stereocenters. The molecule has 2 rings (SSSR count). The first-order chi connectivity index (χ1) is 8.49. The molecule has 2 aromatic rings. The molecule has 1 unspecified atom stereocenters. The van der Waals surface area contributed by atoms with E-state index < -0.39 is 11.9 Å². The molecule has 0 aliphatic heterocycles. The Labute approximate surface area is 117 Å². The van der Waals surface area contributed by atoms with Gasteiger partial charge in [0.2, 0.25) is 0 Å². The van der Waals surface area contributed by atoms with Crippen molar-refractivity contribution in [3.8, 4) is 0 Å². The van der Waals surface area contributed by atoms with Gasteiger partial charge in [-0.25, -0.2) is 9.37 Å². The Kier molecular flexibility index (Phi) is 3.85. The monoisotopic (exact) mass is 330 g/mol. The smallest absolute Gasteiger partial charge is 0.129 e. The highest BCUT2D eigenvalue weighted by Gasteiger charge is 2.17. The molecular weight excluding hydrogens is 322 g/mol. The van der Waals surface area contributed by atoms with E-state index in [9.17, 15) is 9.50 Å². The second kappa shape index (κ2) is 5.22. The molecule has 94 valence electrons. The molecule has 0 amide bonds. The van der Waals surface area contributed by atoms with E-state index in [-0.39, 0.29) is 5.82 Å². The first-order valence-electron chi connectivity index (χ1n) is 5.03. The number of anilines is 1. The van der Waals surface area contributed by atoms with Gasteiger partial charge in [-0.2, -0.15) is 0 Å². The summed E-state index contributed by atoms with van der Waals surface area (Å²) in [4.78, 5) is 3.87. The third kappa shape index (κ3) is 2.63. The molecule has 3 nitrogen and oxygen atoms in total. The van der Waals surface area contributed by atoms with E-state index in [1.54, 1.807) is 0 Å². The molecule has 0 saturated heterocycles. The van der Waals surface area contributed by atoms with E-state index in [0.717, 1.165) is 0 Å². The predicted molar refractivity (Wildman–Crippen MR) is 71.8 cm³/mol. The maximum absolute atomic E-state index is 13.0. The van der Waals surface area contributed by atoms with Crippen molar-refractivity contribution in [1.29, 1.82) is 0 Å². The fourth-order valence-corrected chi connectivity index (χ4v) is 2.31. The number of hydrogen-bond acceptors (Lipinski definition) is 3. The molecule has 18 heavy (non-hydrogen) atoms. The van der Waals surface area contributed by atoms with Gasteiger partial charge in [0.15, 0.2) is 0 Å². The van der Waals surface area contributed by atoms with Crippen LogP contribution in [0.2, 0.25) is 5.02 Å². The Balaban J connectivity index is 2.47. The number of pyridine rings is 1. The van der Waals surface area contributed by atoms with Gasteiger partial charge in [0.05, 0.1) is 5.02 Å². The summed E-state index contributed by atoms with van der Waals surface area (Å²) in [6.45, 7) is 0. The van der Waals surface area contributed by atoms with Crippen LogP contribution < -0.4 is 5.73 Å². The van der Waals surface area contributed by atoms with Crippen LogP contribution in [0.25, 0.3) is 0 Å². The van der Waals surface area contributed by atoms with E-state index in [1.807, 2.05) is 0 Å². The second-order valence-corrected chi connectivity index (χ2v) is 4.99. The highest BCUT2D eigenvalue weighted by molar-refractivity contribution is 9.10. The van der Waals surface area contributed by atoms with Crippen LogP contribution in [0, 0.1) is 5.82 Å². The number of nitrogens with two attached hydrogens (primary N) is 1. The molecule has 0 spiro atoms. The number of hydrogen-bond donors (Lipinski definition) is 2. The minimum absolute atomic E-state index is 0.183. The minimum atomic E-state index is -1.02.